The van der Waals surface area contributed by atoms with Crippen LogP contribution in [0.2, 0.25) is 0 Å². The van der Waals surface area contributed by atoms with E-state index >= 15 is 0 Å². The van der Waals surface area contributed by atoms with Gasteiger partial charge in [0, 0.05) is 9.99 Å². The van der Waals surface area contributed by atoms with E-state index in [1.165, 1.54) is 6.07 Å². The molecule has 0 unspecified atom stereocenters. The molecule has 0 atom stereocenters. The average molecular weight is 471 g/mol. The number of nitrogens with zero attached hydrogens (tertiary/aromatic N) is 2. The number of hydrogen-bond donors (Lipinski definition) is 2. The van der Waals surface area contributed by atoms with Gasteiger partial charge in [-0.1, -0.05) is 6.07 Å². The molecule has 1 aliphatic rings. The molecule has 0 fully saturated rings. The Morgan fingerprint density at radius 2 is 2.19 bits per heavy atom. The van der Waals surface area contributed by atoms with E-state index in [4.69, 9.17) is 9.84 Å². The molecule has 2 heterocycles. The Morgan fingerprint density at radius 3 is 2.92 bits per heavy atom. The molecule has 7 nitrogen and oxygen atoms in total. The molecular formula is C17H15FIN3O4. The van der Waals surface area contributed by atoms with Gasteiger partial charge in [-0.05, 0) is 40.3 Å². The van der Waals surface area contributed by atoms with Crippen LogP contribution in [0.4, 0.5) is 4.39 Å². The Balaban J connectivity index is 1.97. The van der Waals surface area contributed by atoms with Gasteiger partial charge in [0.15, 0.2) is 5.69 Å². The molecule has 1 amide bonds. The molecule has 2 N–H and O–H groups in total. The van der Waals surface area contributed by atoms with E-state index < -0.39 is 11.6 Å². The van der Waals surface area contributed by atoms with Crippen molar-refractivity contribution in [3.8, 4) is 0 Å². The van der Waals surface area contributed by atoms with Crippen LogP contribution in [0.15, 0.2) is 18.2 Å². The van der Waals surface area contributed by atoms with E-state index in [2.05, 4.69) is 15.3 Å². The fourth-order valence-electron chi connectivity index (χ4n) is 2.55. The molecular weight excluding hydrogens is 456 g/mol. The number of aliphatic hydroxyl groups excluding tert-OH is 1. The summed E-state index contributed by atoms with van der Waals surface area (Å²) >= 11 is 2.00. The number of aliphatic hydroxyl groups is 1. The summed E-state index contributed by atoms with van der Waals surface area (Å²) in [6, 6.07) is 4.75. The molecule has 0 spiro atoms. The smallest absolute Gasteiger partial charge is 0.272 e. The first-order valence-electron chi connectivity index (χ1n) is 7.83. The largest absolute Gasteiger partial charge is 0.394 e. The molecule has 1 aliphatic heterocycles. The summed E-state index contributed by atoms with van der Waals surface area (Å²) in [6.07, 6.45) is 0.0252. The zero-order valence-electron chi connectivity index (χ0n) is 13.6. The zero-order chi connectivity index (χ0) is 18.7. The van der Waals surface area contributed by atoms with E-state index in [1.807, 2.05) is 22.6 Å². The van der Waals surface area contributed by atoms with Gasteiger partial charge < -0.3 is 15.2 Å². The second kappa shape index (κ2) is 8.14. The van der Waals surface area contributed by atoms with Crippen molar-refractivity contribution in [2.45, 2.75) is 13.0 Å². The van der Waals surface area contributed by atoms with Crippen LogP contribution in [0.3, 0.4) is 0 Å². The third-order valence-electron chi connectivity index (χ3n) is 3.78. The predicted octanol–water partition coefficient (Wildman–Crippen LogP) is 1.25. The van der Waals surface area contributed by atoms with Gasteiger partial charge in [0.1, 0.15) is 18.1 Å². The normalized spacial score (nSPS) is 12.8. The minimum absolute atomic E-state index is 0.0191. The van der Waals surface area contributed by atoms with Gasteiger partial charge in [-0.25, -0.2) is 14.4 Å². The number of nitrogens with one attached hydrogen (secondary N) is 1. The monoisotopic (exact) mass is 471 g/mol. The van der Waals surface area contributed by atoms with Crippen LogP contribution in [0.5, 0.6) is 0 Å². The van der Waals surface area contributed by atoms with Crippen LogP contribution in [0.25, 0.3) is 0 Å². The van der Waals surface area contributed by atoms with Crippen molar-refractivity contribution in [2.75, 3.05) is 19.8 Å². The molecule has 9 heteroatoms. The highest BCUT2D eigenvalue weighted by Gasteiger charge is 2.27. The molecule has 0 radical (unpaired) electrons. The zero-order valence-corrected chi connectivity index (χ0v) is 15.7. The van der Waals surface area contributed by atoms with Gasteiger partial charge in [0.2, 0.25) is 5.78 Å². The minimum Gasteiger partial charge on any atom is -0.394 e. The highest BCUT2D eigenvalue weighted by Crippen LogP contribution is 2.20. The van der Waals surface area contributed by atoms with Crippen LogP contribution in [-0.4, -0.2) is 46.6 Å². The average Bonchev–Trinajstić information content (AvgIpc) is 2.97. The van der Waals surface area contributed by atoms with Crippen molar-refractivity contribution >= 4 is 34.3 Å². The summed E-state index contributed by atoms with van der Waals surface area (Å²) in [5.74, 6) is -1.22. The van der Waals surface area contributed by atoms with Crippen LogP contribution in [0.1, 0.15) is 37.9 Å². The third kappa shape index (κ3) is 4.05. The van der Waals surface area contributed by atoms with Crippen LogP contribution < -0.4 is 5.32 Å². The molecule has 0 saturated carbocycles. The second-order valence-electron chi connectivity index (χ2n) is 5.61. The maximum absolute atomic E-state index is 14.2. The number of ketones is 1. The molecule has 136 valence electrons. The fourth-order valence-corrected chi connectivity index (χ4v) is 3.00. The molecule has 2 aromatic rings. The van der Waals surface area contributed by atoms with Gasteiger partial charge in [-0.3, -0.25) is 9.59 Å². The first-order chi connectivity index (χ1) is 12.5. The van der Waals surface area contributed by atoms with Gasteiger partial charge in [0.25, 0.3) is 5.91 Å². The Labute approximate surface area is 162 Å². The molecule has 0 aliphatic carbocycles. The molecule has 3 rings (SSSR count). The number of carbonyl (C=O) groups excluding carboxylic acids is 2. The van der Waals surface area contributed by atoms with Crippen LogP contribution in [-0.2, 0) is 17.7 Å². The molecule has 1 aromatic carbocycles. The summed E-state index contributed by atoms with van der Waals surface area (Å²) in [5, 5.41) is 11.4. The maximum atomic E-state index is 14.2. The SMILES string of the molecule is O=C(COCCO)c1nc2c(nc1Cc1ccc(I)cc1F)C(=O)NC2. The number of aromatic nitrogens is 2. The summed E-state index contributed by atoms with van der Waals surface area (Å²) in [5.41, 5.74) is 1.16. The molecule has 26 heavy (non-hydrogen) atoms. The number of amides is 1. The molecule has 1 aromatic heterocycles. The second-order valence-corrected chi connectivity index (χ2v) is 6.85. The van der Waals surface area contributed by atoms with E-state index in [1.54, 1.807) is 12.1 Å². The number of rotatable bonds is 7. The van der Waals surface area contributed by atoms with Gasteiger partial charge in [-0.2, -0.15) is 0 Å². The lowest BCUT2D eigenvalue weighted by Gasteiger charge is -2.10. The third-order valence-corrected chi connectivity index (χ3v) is 4.45. The lowest BCUT2D eigenvalue weighted by Crippen LogP contribution is -2.19. The summed E-state index contributed by atoms with van der Waals surface area (Å²) in [6.45, 7) is -0.276. The fraction of sp³-hybridized carbons (Fsp3) is 0.294. The van der Waals surface area contributed by atoms with Gasteiger partial charge >= 0.3 is 0 Å². The van der Waals surface area contributed by atoms with Crippen molar-refractivity contribution in [3.05, 3.63) is 55.9 Å². The van der Waals surface area contributed by atoms with Gasteiger partial charge in [0.05, 0.1) is 31.1 Å². The van der Waals surface area contributed by atoms with Crippen molar-refractivity contribution in [1.29, 1.82) is 0 Å². The highest BCUT2D eigenvalue weighted by atomic mass is 127. The van der Waals surface area contributed by atoms with Gasteiger partial charge in [-0.15, -0.1) is 0 Å². The Hall–Kier alpha value is -1.98. The Bertz CT molecular complexity index is 875. The number of halogens is 2. The highest BCUT2D eigenvalue weighted by molar-refractivity contribution is 14.1. The summed E-state index contributed by atoms with van der Waals surface area (Å²) < 4.78 is 20.0. The quantitative estimate of drug-likeness (QED) is 0.358. The van der Waals surface area contributed by atoms with Crippen molar-refractivity contribution in [3.63, 3.8) is 0 Å². The first-order valence-corrected chi connectivity index (χ1v) is 8.91. The van der Waals surface area contributed by atoms with E-state index in [-0.39, 0.29) is 55.8 Å². The summed E-state index contributed by atoms with van der Waals surface area (Å²) in [4.78, 5) is 32.8. The Kier molecular flexibility index (Phi) is 5.89. The first kappa shape index (κ1) is 18.8. The molecule has 0 bridgehead atoms. The number of carbonyl (C=O) groups is 2. The number of fused-ring (bicyclic) bond motifs is 1. The van der Waals surface area contributed by atoms with Crippen molar-refractivity contribution in [1.82, 2.24) is 15.3 Å². The minimum atomic E-state index is -0.436. The van der Waals surface area contributed by atoms with Crippen LogP contribution in [0, 0.1) is 9.39 Å². The Morgan fingerprint density at radius 1 is 1.38 bits per heavy atom. The standard InChI is InChI=1S/C17H15FIN3O4/c18-11-6-10(19)2-1-9(11)5-12-15(14(24)8-26-4-3-23)22-13-7-20-17(25)16(13)21-12/h1-2,6,23H,3-5,7-8H2,(H,20,25). The molecule has 0 saturated heterocycles. The predicted molar refractivity (Wildman–Crippen MR) is 97.4 cm³/mol. The van der Waals surface area contributed by atoms with Crippen molar-refractivity contribution < 1.29 is 23.8 Å². The number of benzene rings is 1. The summed E-state index contributed by atoms with van der Waals surface area (Å²) in [7, 11) is 0. The van der Waals surface area contributed by atoms with E-state index in [0.29, 0.717) is 11.3 Å². The van der Waals surface area contributed by atoms with Crippen LogP contribution >= 0.6 is 22.6 Å². The lowest BCUT2D eigenvalue weighted by molar-refractivity contribution is 0.0658. The van der Waals surface area contributed by atoms with E-state index in [0.717, 1.165) is 3.57 Å². The topological polar surface area (TPSA) is 101 Å². The lowest BCUT2D eigenvalue weighted by atomic mass is 10.1. The number of ether oxygens (including phenoxy) is 1. The number of Topliss-reactive ketones (excluding diaryl/α,β-unsaturated/α-hetero) is 1. The maximum Gasteiger partial charge on any atom is 0.272 e. The number of hydrogen-bond acceptors (Lipinski definition) is 6. The van der Waals surface area contributed by atoms with Crippen molar-refractivity contribution in [2.24, 2.45) is 0 Å². The van der Waals surface area contributed by atoms with E-state index in [9.17, 15) is 14.0 Å².